The average molecular weight is 232 g/mol. The SMILES string of the molecule is Cn1nc(CC(C)(O)CC=O)c2ccccc21. The van der Waals surface area contributed by atoms with E-state index < -0.39 is 5.60 Å². The predicted octanol–water partition coefficient (Wildman–Crippen LogP) is 1.46. The number of aldehydes is 1. The molecule has 4 heteroatoms. The van der Waals surface area contributed by atoms with Crippen LogP contribution in [0.5, 0.6) is 0 Å². The third-order valence-corrected chi connectivity index (χ3v) is 2.91. The Labute approximate surface area is 99.9 Å². The van der Waals surface area contributed by atoms with E-state index in [0.717, 1.165) is 22.9 Å². The summed E-state index contributed by atoms with van der Waals surface area (Å²) in [5.41, 5.74) is 0.832. The summed E-state index contributed by atoms with van der Waals surface area (Å²) in [6, 6.07) is 7.87. The number of aliphatic hydroxyl groups is 1. The lowest BCUT2D eigenvalue weighted by Gasteiger charge is -2.18. The van der Waals surface area contributed by atoms with Gasteiger partial charge in [-0.2, -0.15) is 5.10 Å². The summed E-state index contributed by atoms with van der Waals surface area (Å²) in [5.74, 6) is 0. The second-order valence-corrected chi connectivity index (χ2v) is 4.63. The predicted molar refractivity (Wildman–Crippen MR) is 65.7 cm³/mol. The molecular weight excluding hydrogens is 216 g/mol. The molecule has 0 bridgehead atoms. The number of rotatable bonds is 4. The van der Waals surface area contributed by atoms with E-state index in [1.165, 1.54) is 0 Å². The van der Waals surface area contributed by atoms with Crippen molar-refractivity contribution in [1.29, 1.82) is 0 Å². The number of fused-ring (bicyclic) bond motifs is 1. The van der Waals surface area contributed by atoms with Gasteiger partial charge in [0.2, 0.25) is 0 Å². The Kier molecular flexibility index (Phi) is 2.98. The highest BCUT2D eigenvalue weighted by Crippen LogP contribution is 2.22. The van der Waals surface area contributed by atoms with Crippen LogP contribution in [0.25, 0.3) is 10.9 Å². The molecular formula is C13H16N2O2. The molecule has 2 rings (SSSR count). The molecule has 0 saturated carbocycles. The molecule has 0 spiro atoms. The topological polar surface area (TPSA) is 55.1 Å². The number of aromatic nitrogens is 2. The van der Waals surface area contributed by atoms with E-state index in [1.54, 1.807) is 11.6 Å². The highest BCUT2D eigenvalue weighted by Gasteiger charge is 2.23. The highest BCUT2D eigenvalue weighted by atomic mass is 16.3. The molecule has 0 radical (unpaired) electrons. The second-order valence-electron chi connectivity index (χ2n) is 4.63. The van der Waals surface area contributed by atoms with Gasteiger partial charge < -0.3 is 9.90 Å². The standard InChI is InChI=1S/C13H16N2O2/c1-13(17,7-8-16)9-11-10-5-3-4-6-12(10)15(2)14-11/h3-6,8,17H,7,9H2,1-2H3. The molecule has 1 unspecified atom stereocenters. The van der Waals surface area contributed by atoms with Gasteiger partial charge in [-0.3, -0.25) is 4.68 Å². The maximum Gasteiger partial charge on any atom is 0.122 e. The van der Waals surface area contributed by atoms with Crippen LogP contribution in [0.3, 0.4) is 0 Å². The quantitative estimate of drug-likeness (QED) is 0.812. The normalized spacial score (nSPS) is 14.8. The van der Waals surface area contributed by atoms with E-state index >= 15 is 0 Å². The van der Waals surface area contributed by atoms with Crippen LogP contribution >= 0.6 is 0 Å². The smallest absolute Gasteiger partial charge is 0.122 e. The lowest BCUT2D eigenvalue weighted by molar-refractivity contribution is -0.111. The first-order valence-corrected chi connectivity index (χ1v) is 5.60. The van der Waals surface area contributed by atoms with Crippen LogP contribution in [0.1, 0.15) is 19.0 Å². The average Bonchev–Trinajstić information content (AvgIpc) is 2.56. The summed E-state index contributed by atoms with van der Waals surface area (Å²) in [7, 11) is 1.88. The van der Waals surface area contributed by atoms with Crippen LogP contribution < -0.4 is 0 Å². The number of benzene rings is 1. The molecule has 90 valence electrons. The van der Waals surface area contributed by atoms with Crippen LogP contribution in [0.2, 0.25) is 0 Å². The van der Waals surface area contributed by atoms with Gasteiger partial charge in [-0.05, 0) is 13.0 Å². The van der Waals surface area contributed by atoms with Crippen LogP contribution in [0.4, 0.5) is 0 Å². The molecule has 17 heavy (non-hydrogen) atoms. The van der Waals surface area contributed by atoms with E-state index in [0.29, 0.717) is 6.42 Å². The van der Waals surface area contributed by atoms with Crippen LogP contribution in [0.15, 0.2) is 24.3 Å². The van der Waals surface area contributed by atoms with Gasteiger partial charge >= 0.3 is 0 Å². The largest absolute Gasteiger partial charge is 0.389 e. The van der Waals surface area contributed by atoms with E-state index in [9.17, 15) is 9.90 Å². The Morgan fingerprint density at radius 2 is 2.18 bits per heavy atom. The van der Waals surface area contributed by atoms with Gasteiger partial charge in [0.05, 0.1) is 16.8 Å². The van der Waals surface area contributed by atoms with Crippen molar-refractivity contribution in [3.05, 3.63) is 30.0 Å². The summed E-state index contributed by atoms with van der Waals surface area (Å²) in [6.07, 6.45) is 1.25. The molecule has 1 N–H and O–H groups in total. The zero-order valence-corrected chi connectivity index (χ0v) is 10.1. The third kappa shape index (κ3) is 2.36. The van der Waals surface area contributed by atoms with Crippen molar-refractivity contribution in [1.82, 2.24) is 9.78 Å². The van der Waals surface area contributed by atoms with Crippen LogP contribution in [0, 0.1) is 0 Å². The van der Waals surface area contributed by atoms with Gasteiger partial charge in [0, 0.05) is 25.3 Å². The molecule has 1 atom stereocenters. The van der Waals surface area contributed by atoms with Gasteiger partial charge in [0.15, 0.2) is 0 Å². The Morgan fingerprint density at radius 1 is 1.47 bits per heavy atom. The van der Waals surface area contributed by atoms with E-state index in [-0.39, 0.29) is 6.42 Å². The molecule has 0 aliphatic rings. The minimum atomic E-state index is -1.03. The maximum absolute atomic E-state index is 10.5. The fourth-order valence-electron chi connectivity index (χ4n) is 2.03. The summed E-state index contributed by atoms with van der Waals surface area (Å²) < 4.78 is 1.79. The Balaban J connectivity index is 2.39. The summed E-state index contributed by atoms with van der Waals surface area (Å²) in [6.45, 7) is 1.66. The molecule has 0 aliphatic carbocycles. The highest BCUT2D eigenvalue weighted by molar-refractivity contribution is 5.82. The fourth-order valence-corrected chi connectivity index (χ4v) is 2.03. The van der Waals surface area contributed by atoms with Gasteiger partial charge in [-0.25, -0.2) is 0 Å². The molecule has 0 saturated heterocycles. The number of nitrogens with zero attached hydrogens (tertiary/aromatic N) is 2. The summed E-state index contributed by atoms with van der Waals surface area (Å²) in [4.78, 5) is 10.5. The van der Waals surface area contributed by atoms with Crippen molar-refractivity contribution >= 4 is 17.2 Å². The molecule has 0 amide bonds. The monoisotopic (exact) mass is 232 g/mol. The van der Waals surface area contributed by atoms with E-state index in [1.807, 2.05) is 31.3 Å². The van der Waals surface area contributed by atoms with Crippen molar-refractivity contribution in [2.45, 2.75) is 25.4 Å². The van der Waals surface area contributed by atoms with Gasteiger partial charge in [-0.1, -0.05) is 18.2 Å². The zero-order valence-electron chi connectivity index (χ0n) is 10.1. The number of carbonyl (C=O) groups excluding carboxylic acids is 1. The lowest BCUT2D eigenvalue weighted by Crippen LogP contribution is -2.27. The molecule has 0 aliphatic heterocycles. The number of carbonyl (C=O) groups is 1. The third-order valence-electron chi connectivity index (χ3n) is 2.91. The molecule has 4 nitrogen and oxygen atoms in total. The molecule has 1 aromatic heterocycles. The van der Waals surface area contributed by atoms with E-state index in [4.69, 9.17) is 0 Å². The van der Waals surface area contributed by atoms with Crippen molar-refractivity contribution in [2.24, 2.45) is 7.05 Å². The first-order valence-electron chi connectivity index (χ1n) is 5.60. The second kappa shape index (κ2) is 4.30. The summed E-state index contributed by atoms with van der Waals surface area (Å²) in [5, 5.41) is 15.5. The number of aryl methyl sites for hydroxylation is 1. The van der Waals surface area contributed by atoms with Crippen LogP contribution in [-0.2, 0) is 18.3 Å². The molecule has 0 fully saturated rings. The minimum Gasteiger partial charge on any atom is -0.389 e. The number of para-hydroxylation sites is 1. The van der Waals surface area contributed by atoms with Crippen molar-refractivity contribution in [3.63, 3.8) is 0 Å². The Hall–Kier alpha value is -1.68. The number of hydrogen-bond donors (Lipinski definition) is 1. The first kappa shape index (κ1) is 11.8. The Morgan fingerprint density at radius 3 is 2.88 bits per heavy atom. The first-order chi connectivity index (χ1) is 8.03. The maximum atomic E-state index is 10.5. The minimum absolute atomic E-state index is 0.123. The summed E-state index contributed by atoms with van der Waals surface area (Å²) >= 11 is 0. The zero-order chi connectivity index (χ0) is 12.5. The van der Waals surface area contributed by atoms with E-state index in [2.05, 4.69) is 5.10 Å². The number of hydrogen-bond acceptors (Lipinski definition) is 3. The van der Waals surface area contributed by atoms with Crippen molar-refractivity contribution in [3.8, 4) is 0 Å². The molecule has 1 heterocycles. The van der Waals surface area contributed by atoms with Crippen LogP contribution in [-0.4, -0.2) is 26.8 Å². The Bertz CT molecular complexity index is 543. The lowest BCUT2D eigenvalue weighted by atomic mass is 9.95. The molecule has 1 aromatic carbocycles. The van der Waals surface area contributed by atoms with Crippen molar-refractivity contribution < 1.29 is 9.90 Å². The van der Waals surface area contributed by atoms with Gasteiger partial charge in [0.1, 0.15) is 6.29 Å². The van der Waals surface area contributed by atoms with Gasteiger partial charge in [-0.15, -0.1) is 0 Å². The molecule has 2 aromatic rings. The fraction of sp³-hybridized carbons (Fsp3) is 0.385. The van der Waals surface area contributed by atoms with Gasteiger partial charge in [0.25, 0.3) is 0 Å². The van der Waals surface area contributed by atoms with Crippen molar-refractivity contribution in [2.75, 3.05) is 0 Å².